The normalized spacial score (nSPS) is 33.1. The molecule has 3 aromatic rings. The number of fused-ring (bicyclic) bond motifs is 12. The Morgan fingerprint density at radius 1 is 0.408 bits per heavy atom. The summed E-state index contributed by atoms with van der Waals surface area (Å²) in [5.74, 6) is 3.71. The summed E-state index contributed by atoms with van der Waals surface area (Å²) in [5, 5.41) is 0. The molecule has 49 heavy (non-hydrogen) atoms. The number of allylic oxidation sites excluding steroid dienone is 12. The van der Waals surface area contributed by atoms with Crippen LogP contribution in [0.3, 0.4) is 0 Å². The molecule has 0 aromatic carbocycles. The minimum atomic E-state index is 0.447. The van der Waals surface area contributed by atoms with E-state index in [9.17, 15) is 0 Å². The number of H-pyrrole nitrogens is 2. The number of hydrogen-bond acceptors (Lipinski definition) is 2. The minimum absolute atomic E-state index is 0.447. The van der Waals surface area contributed by atoms with Crippen molar-refractivity contribution in [2.24, 2.45) is 23.7 Å². The van der Waals surface area contributed by atoms with Crippen molar-refractivity contribution in [1.82, 2.24) is 19.9 Å². The van der Waals surface area contributed by atoms with Gasteiger partial charge in [-0.15, -0.1) is 0 Å². The molecule has 0 saturated carbocycles. The topological polar surface area (TPSA) is 57.4 Å². The zero-order valence-corrected chi connectivity index (χ0v) is 28.0. The molecule has 4 heteroatoms. The maximum Gasteiger partial charge on any atom is 0.0729 e. The Kier molecular flexibility index (Phi) is 4.86. The maximum atomic E-state index is 5.67. The third kappa shape index (κ3) is 3.28. The summed E-state index contributed by atoms with van der Waals surface area (Å²) in [6, 6.07) is 7.41. The highest BCUT2D eigenvalue weighted by Crippen LogP contribution is 2.57. The van der Waals surface area contributed by atoms with Gasteiger partial charge in [-0.05, 0) is 121 Å². The number of aromatic amines is 2. The van der Waals surface area contributed by atoms with E-state index >= 15 is 0 Å². The highest BCUT2D eigenvalue weighted by atomic mass is 14.8. The molecule has 3 aromatic heterocycles. The van der Waals surface area contributed by atoms with Gasteiger partial charge in [0.25, 0.3) is 0 Å². The lowest BCUT2D eigenvalue weighted by Crippen LogP contribution is -2.20. The lowest BCUT2D eigenvalue weighted by Gasteiger charge is -2.34. The van der Waals surface area contributed by atoms with Gasteiger partial charge in [0, 0.05) is 75.0 Å². The minimum Gasteiger partial charge on any atom is -0.355 e. The summed E-state index contributed by atoms with van der Waals surface area (Å²) in [6.07, 6.45) is 29.8. The Bertz CT molecular complexity index is 2300. The van der Waals surface area contributed by atoms with Crippen molar-refractivity contribution < 1.29 is 0 Å². The highest BCUT2D eigenvalue weighted by molar-refractivity contribution is 6.02. The molecule has 17 rings (SSSR count). The maximum absolute atomic E-state index is 5.67. The van der Waals surface area contributed by atoms with E-state index in [1.54, 1.807) is 0 Å². The molecule has 0 saturated heterocycles. The largest absolute Gasteiger partial charge is 0.355 e. The van der Waals surface area contributed by atoms with E-state index in [-0.39, 0.29) is 0 Å². The van der Waals surface area contributed by atoms with Crippen molar-refractivity contribution in [3.05, 3.63) is 117 Å². The highest BCUT2D eigenvalue weighted by Gasteiger charge is 2.42. The number of aromatic nitrogens is 4. The zero-order chi connectivity index (χ0) is 31.7. The monoisotopic (exact) mass is 636 g/mol. The van der Waals surface area contributed by atoms with Gasteiger partial charge in [-0.25, -0.2) is 9.97 Å². The molecule has 2 aliphatic heterocycles. The van der Waals surface area contributed by atoms with Gasteiger partial charge in [0.15, 0.2) is 0 Å². The van der Waals surface area contributed by atoms with Gasteiger partial charge >= 0.3 is 0 Å². The van der Waals surface area contributed by atoms with Crippen molar-refractivity contribution in [2.75, 3.05) is 0 Å². The van der Waals surface area contributed by atoms with Crippen LogP contribution in [0.1, 0.15) is 126 Å². The Morgan fingerprint density at radius 3 is 1.06 bits per heavy atom. The average molecular weight is 637 g/mol. The second kappa shape index (κ2) is 9.01. The molecule has 4 nitrogen and oxygen atoms in total. The van der Waals surface area contributed by atoms with E-state index in [0.29, 0.717) is 47.3 Å². The van der Waals surface area contributed by atoms with Crippen LogP contribution in [-0.2, 0) is 0 Å². The molecular formula is C45H40N4. The van der Waals surface area contributed by atoms with Crippen molar-refractivity contribution in [1.29, 1.82) is 0 Å². The number of nitrogens with one attached hydrogen (secondary N) is 2. The first kappa shape index (κ1) is 26.4. The smallest absolute Gasteiger partial charge is 0.0729 e. The quantitative estimate of drug-likeness (QED) is 0.241. The third-order valence-electron chi connectivity index (χ3n) is 14.4. The standard InChI is InChI=1S/C45H40N4/c1-21-44-42-28-14-10-26(11-15-28)40(42)34(48-44)19-32-38-24-6-2-22(3-7-24)36(38)30(46-32)18-31-37-23-4-8-25(9-5-23)39(37)33(47-31)20-35-41-27-12-16-29(17-13-27)43(41)45(21)49-35/h2,4,6,8,10,12,14,16,18-20,22-29,46-47H,3,5,7,9,11,13,15,17H2,1H3. The summed E-state index contributed by atoms with van der Waals surface area (Å²) >= 11 is 0. The van der Waals surface area contributed by atoms with Crippen molar-refractivity contribution >= 4 is 44.4 Å². The number of rotatable bonds is 0. The van der Waals surface area contributed by atoms with Gasteiger partial charge in [0.05, 0.1) is 22.8 Å². The molecule has 240 valence electrons. The summed E-state index contributed by atoms with van der Waals surface area (Å²) in [7, 11) is 0. The SMILES string of the molecule is Cc1c2nc(cc3[nH]c(cc4[nH]c(cc5nc1C1=C5C5C=CC1CC5)c1c4C4C=CC1CC4)c1c3C3C=CC1CC3)C1=C2C2C=CC1CC2. The molecule has 8 unspecified atom stereocenters. The molecule has 0 fully saturated rings. The first-order chi connectivity index (χ1) is 24.2. The predicted molar refractivity (Wildman–Crippen MR) is 198 cm³/mol. The Morgan fingerprint density at radius 2 is 0.714 bits per heavy atom. The Labute approximate surface area is 286 Å². The van der Waals surface area contributed by atoms with Gasteiger partial charge in [-0.2, -0.15) is 0 Å². The lowest BCUT2D eigenvalue weighted by atomic mass is 9.69. The molecule has 16 bridgehead atoms. The van der Waals surface area contributed by atoms with E-state index in [1.165, 1.54) is 146 Å². The van der Waals surface area contributed by atoms with Gasteiger partial charge in [-0.3, -0.25) is 0 Å². The van der Waals surface area contributed by atoms with Crippen molar-refractivity contribution in [3.8, 4) is 0 Å². The number of nitrogens with zero attached hydrogens (tertiary/aromatic N) is 2. The zero-order valence-electron chi connectivity index (χ0n) is 28.0. The first-order valence-corrected chi connectivity index (χ1v) is 19.2. The summed E-state index contributed by atoms with van der Waals surface area (Å²) in [4.78, 5) is 19.5. The Balaban J connectivity index is 1.21. The molecule has 5 heterocycles. The average Bonchev–Trinajstić information content (AvgIpc) is 3.94. The first-order valence-electron chi connectivity index (χ1n) is 19.2. The van der Waals surface area contributed by atoms with E-state index in [0.717, 1.165) is 0 Å². The summed E-state index contributed by atoms with van der Waals surface area (Å²) in [5.41, 5.74) is 23.3. The van der Waals surface area contributed by atoms with E-state index in [4.69, 9.17) is 9.97 Å². The number of hydrogen-bond donors (Lipinski definition) is 2. The van der Waals surface area contributed by atoms with Gasteiger partial charge in [0.1, 0.15) is 0 Å². The molecule has 8 atom stereocenters. The van der Waals surface area contributed by atoms with Crippen LogP contribution < -0.4 is 0 Å². The lowest BCUT2D eigenvalue weighted by molar-refractivity contribution is 0.557. The fraction of sp³-hybridized carbons (Fsp3) is 0.378. The molecule has 14 aliphatic rings. The molecule has 2 N–H and O–H groups in total. The second-order valence-corrected chi connectivity index (χ2v) is 16.7. The van der Waals surface area contributed by atoms with Crippen LogP contribution in [0.25, 0.3) is 44.4 Å². The molecule has 0 spiro atoms. The van der Waals surface area contributed by atoms with Crippen LogP contribution in [0.5, 0.6) is 0 Å². The fourth-order valence-corrected chi connectivity index (χ4v) is 12.3. The Hall–Kier alpha value is -4.44. The van der Waals surface area contributed by atoms with Gasteiger partial charge in [0.2, 0.25) is 0 Å². The second-order valence-electron chi connectivity index (χ2n) is 16.7. The van der Waals surface area contributed by atoms with Crippen molar-refractivity contribution in [3.63, 3.8) is 0 Å². The molecule has 0 radical (unpaired) electrons. The van der Waals surface area contributed by atoms with Crippen LogP contribution in [0.15, 0.2) is 66.8 Å². The van der Waals surface area contributed by atoms with Crippen LogP contribution >= 0.6 is 0 Å². The molecular weight excluding hydrogens is 597 g/mol. The summed E-state index contributed by atoms with van der Waals surface area (Å²) in [6.45, 7) is 2.34. The van der Waals surface area contributed by atoms with E-state index in [1.807, 2.05) is 0 Å². The van der Waals surface area contributed by atoms with Crippen LogP contribution in [-0.4, -0.2) is 19.9 Å². The predicted octanol–water partition coefficient (Wildman–Crippen LogP) is 10.7. The van der Waals surface area contributed by atoms with Gasteiger partial charge < -0.3 is 9.97 Å². The molecule has 0 amide bonds. The van der Waals surface area contributed by atoms with Crippen LogP contribution in [0.2, 0.25) is 0 Å². The fourth-order valence-electron chi connectivity index (χ4n) is 12.3. The van der Waals surface area contributed by atoms with Crippen LogP contribution in [0, 0.1) is 30.6 Å². The molecule has 12 aliphatic carbocycles. The van der Waals surface area contributed by atoms with Crippen LogP contribution in [0.4, 0.5) is 0 Å². The van der Waals surface area contributed by atoms with E-state index in [2.05, 4.69) is 83.7 Å². The van der Waals surface area contributed by atoms with Gasteiger partial charge in [-0.1, -0.05) is 48.6 Å². The summed E-state index contributed by atoms with van der Waals surface area (Å²) < 4.78 is 0. The van der Waals surface area contributed by atoms with Crippen molar-refractivity contribution in [2.45, 2.75) is 82.0 Å². The van der Waals surface area contributed by atoms with E-state index < -0.39 is 0 Å². The third-order valence-corrected chi connectivity index (χ3v) is 14.4.